The quantitative estimate of drug-likeness (QED) is 0.875. The molecule has 1 aromatic rings. The van der Waals surface area contributed by atoms with Crippen molar-refractivity contribution in [2.75, 3.05) is 13.6 Å². The van der Waals surface area contributed by atoms with E-state index in [2.05, 4.69) is 0 Å². The molecule has 0 radical (unpaired) electrons. The molecule has 1 amide bonds. The first kappa shape index (κ1) is 15.0. The first-order valence-electron chi connectivity index (χ1n) is 5.60. The summed E-state index contributed by atoms with van der Waals surface area (Å²) in [6, 6.07) is 1.85. The van der Waals surface area contributed by atoms with Crippen molar-refractivity contribution in [1.82, 2.24) is 4.90 Å². The number of amides is 1. The van der Waals surface area contributed by atoms with Gasteiger partial charge in [-0.1, -0.05) is 18.5 Å². The van der Waals surface area contributed by atoms with Crippen LogP contribution in [0.2, 0.25) is 5.02 Å². The van der Waals surface area contributed by atoms with Crippen LogP contribution >= 0.6 is 22.9 Å². The Morgan fingerprint density at radius 2 is 2.22 bits per heavy atom. The number of halogens is 1. The summed E-state index contributed by atoms with van der Waals surface area (Å²) >= 11 is 7.32. The molecule has 0 saturated carbocycles. The number of carboxylic acids is 1. The van der Waals surface area contributed by atoms with Crippen molar-refractivity contribution in [3.05, 3.63) is 21.3 Å². The average Bonchev–Trinajstić information content (AvgIpc) is 2.71. The average molecular weight is 290 g/mol. The molecule has 0 saturated heterocycles. The SMILES string of the molecule is CC(CN(C)C(=O)CCc1cc(Cl)cs1)C(=O)O. The molecule has 0 spiro atoms. The van der Waals surface area contributed by atoms with Gasteiger partial charge in [0, 0.05) is 30.3 Å². The molecular formula is C12H16ClNO3S. The number of nitrogens with zero attached hydrogens (tertiary/aromatic N) is 1. The van der Waals surface area contributed by atoms with Gasteiger partial charge >= 0.3 is 5.97 Å². The number of rotatable bonds is 6. The number of carboxylic acid groups (broad SMARTS) is 1. The Balaban J connectivity index is 2.38. The Labute approximate surface area is 115 Å². The lowest BCUT2D eigenvalue weighted by Crippen LogP contribution is -2.33. The predicted octanol–water partition coefficient (Wildman–Crippen LogP) is 2.51. The van der Waals surface area contributed by atoms with E-state index in [1.54, 1.807) is 14.0 Å². The van der Waals surface area contributed by atoms with Crippen molar-refractivity contribution in [3.8, 4) is 0 Å². The minimum absolute atomic E-state index is 0.0485. The third kappa shape index (κ3) is 4.66. The van der Waals surface area contributed by atoms with Crippen LogP contribution in [0.4, 0.5) is 0 Å². The second-order valence-corrected chi connectivity index (χ2v) is 5.68. The molecule has 0 aliphatic carbocycles. The van der Waals surface area contributed by atoms with E-state index in [1.165, 1.54) is 16.2 Å². The molecule has 1 atom stereocenters. The van der Waals surface area contributed by atoms with Gasteiger partial charge in [-0.05, 0) is 12.5 Å². The van der Waals surface area contributed by atoms with Gasteiger partial charge in [0.1, 0.15) is 0 Å². The fourth-order valence-corrected chi connectivity index (χ4v) is 2.57. The van der Waals surface area contributed by atoms with E-state index in [0.29, 0.717) is 17.9 Å². The highest BCUT2D eigenvalue weighted by Gasteiger charge is 2.17. The molecule has 0 fully saturated rings. The monoisotopic (exact) mass is 289 g/mol. The van der Waals surface area contributed by atoms with Gasteiger partial charge in [0.05, 0.1) is 10.9 Å². The molecule has 1 unspecified atom stereocenters. The highest BCUT2D eigenvalue weighted by molar-refractivity contribution is 7.10. The number of carbonyl (C=O) groups excluding carboxylic acids is 1. The van der Waals surface area contributed by atoms with Crippen LogP contribution in [0.1, 0.15) is 18.2 Å². The van der Waals surface area contributed by atoms with Crippen LogP contribution < -0.4 is 0 Å². The van der Waals surface area contributed by atoms with E-state index in [-0.39, 0.29) is 12.5 Å². The molecule has 1 N–H and O–H groups in total. The van der Waals surface area contributed by atoms with Gasteiger partial charge in [-0.25, -0.2) is 0 Å². The number of hydrogen-bond acceptors (Lipinski definition) is 3. The molecule has 4 nitrogen and oxygen atoms in total. The second kappa shape index (κ2) is 6.75. The van der Waals surface area contributed by atoms with Crippen molar-refractivity contribution in [2.45, 2.75) is 19.8 Å². The third-order valence-corrected chi connectivity index (χ3v) is 3.95. The van der Waals surface area contributed by atoms with Crippen LogP contribution in [0.5, 0.6) is 0 Å². The molecule has 0 aromatic carbocycles. The molecule has 1 heterocycles. The van der Waals surface area contributed by atoms with Gasteiger partial charge in [0.2, 0.25) is 5.91 Å². The van der Waals surface area contributed by atoms with Crippen molar-refractivity contribution >= 4 is 34.8 Å². The topological polar surface area (TPSA) is 57.6 Å². The Morgan fingerprint density at radius 1 is 1.56 bits per heavy atom. The first-order chi connectivity index (χ1) is 8.40. The lowest BCUT2D eigenvalue weighted by molar-refractivity contribution is -0.142. The molecule has 0 aliphatic heterocycles. The summed E-state index contributed by atoms with van der Waals surface area (Å²) in [6.07, 6.45) is 1.02. The smallest absolute Gasteiger partial charge is 0.308 e. The van der Waals surface area contributed by atoms with Crippen molar-refractivity contribution in [1.29, 1.82) is 0 Å². The molecule has 100 valence electrons. The summed E-state index contributed by atoms with van der Waals surface area (Å²) in [7, 11) is 1.63. The van der Waals surface area contributed by atoms with Gasteiger partial charge in [-0.15, -0.1) is 11.3 Å². The van der Waals surface area contributed by atoms with Crippen molar-refractivity contribution in [2.24, 2.45) is 5.92 Å². The number of thiophene rings is 1. The molecule has 0 bridgehead atoms. The lowest BCUT2D eigenvalue weighted by atomic mass is 10.1. The maximum Gasteiger partial charge on any atom is 0.308 e. The minimum atomic E-state index is -0.889. The normalized spacial score (nSPS) is 12.2. The van der Waals surface area contributed by atoms with E-state index in [9.17, 15) is 9.59 Å². The Hall–Kier alpha value is -1.07. The minimum Gasteiger partial charge on any atom is -0.481 e. The molecule has 1 rings (SSSR count). The summed E-state index contributed by atoms with van der Waals surface area (Å²) in [5.41, 5.74) is 0. The summed E-state index contributed by atoms with van der Waals surface area (Å²) < 4.78 is 0. The van der Waals surface area contributed by atoms with E-state index < -0.39 is 11.9 Å². The van der Waals surface area contributed by atoms with Crippen LogP contribution in [0.3, 0.4) is 0 Å². The van der Waals surface area contributed by atoms with Gasteiger partial charge in [0.15, 0.2) is 0 Å². The van der Waals surface area contributed by atoms with Gasteiger partial charge in [-0.3, -0.25) is 9.59 Å². The highest BCUT2D eigenvalue weighted by Crippen LogP contribution is 2.20. The first-order valence-corrected chi connectivity index (χ1v) is 6.85. The fourth-order valence-electron chi connectivity index (χ4n) is 1.50. The summed E-state index contributed by atoms with van der Waals surface area (Å²) in [5, 5.41) is 11.3. The van der Waals surface area contributed by atoms with Crippen LogP contribution in [-0.4, -0.2) is 35.5 Å². The number of aliphatic carboxylic acids is 1. The van der Waals surface area contributed by atoms with E-state index in [4.69, 9.17) is 16.7 Å². The molecule has 1 aromatic heterocycles. The molecule has 0 aliphatic rings. The Morgan fingerprint density at radius 3 is 2.72 bits per heavy atom. The Kier molecular flexibility index (Phi) is 5.62. The summed E-state index contributed by atoms with van der Waals surface area (Å²) in [4.78, 5) is 25.0. The molecular weight excluding hydrogens is 274 g/mol. The van der Waals surface area contributed by atoms with Crippen LogP contribution in [0.25, 0.3) is 0 Å². The zero-order valence-electron chi connectivity index (χ0n) is 10.4. The number of hydrogen-bond donors (Lipinski definition) is 1. The van der Waals surface area contributed by atoms with Gasteiger partial charge in [0.25, 0.3) is 0 Å². The number of carbonyl (C=O) groups is 2. The van der Waals surface area contributed by atoms with Crippen molar-refractivity contribution < 1.29 is 14.7 Å². The maximum absolute atomic E-state index is 11.8. The zero-order valence-corrected chi connectivity index (χ0v) is 11.9. The van der Waals surface area contributed by atoms with Crippen LogP contribution in [-0.2, 0) is 16.0 Å². The zero-order chi connectivity index (χ0) is 13.7. The molecule has 18 heavy (non-hydrogen) atoms. The number of aryl methyl sites for hydroxylation is 1. The van der Waals surface area contributed by atoms with Crippen LogP contribution in [0.15, 0.2) is 11.4 Å². The predicted molar refractivity (Wildman–Crippen MR) is 72.1 cm³/mol. The van der Waals surface area contributed by atoms with E-state index in [0.717, 1.165) is 4.88 Å². The van der Waals surface area contributed by atoms with Gasteiger partial charge < -0.3 is 10.0 Å². The maximum atomic E-state index is 11.8. The molecule has 6 heteroatoms. The standard InChI is InChI=1S/C12H16ClNO3S/c1-8(12(16)17)6-14(2)11(15)4-3-10-5-9(13)7-18-10/h5,7-8H,3-4,6H2,1-2H3,(H,16,17). The largest absolute Gasteiger partial charge is 0.481 e. The summed E-state index contributed by atoms with van der Waals surface area (Å²) in [5.74, 6) is -1.48. The van der Waals surface area contributed by atoms with Crippen molar-refractivity contribution in [3.63, 3.8) is 0 Å². The van der Waals surface area contributed by atoms with Crippen LogP contribution in [0, 0.1) is 5.92 Å². The lowest BCUT2D eigenvalue weighted by Gasteiger charge is -2.19. The Bertz CT molecular complexity index is 433. The third-order valence-electron chi connectivity index (χ3n) is 2.60. The summed E-state index contributed by atoms with van der Waals surface area (Å²) in [6.45, 7) is 1.82. The van der Waals surface area contributed by atoms with E-state index in [1.807, 2.05) is 11.4 Å². The van der Waals surface area contributed by atoms with E-state index >= 15 is 0 Å². The fraction of sp³-hybridized carbons (Fsp3) is 0.500. The van der Waals surface area contributed by atoms with Gasteiger partial charge in [-0.2, -0.15) is 0 Å². The second-order valence-electron chi connectivity index (χ2n) is 4.24. The highest BCUT2D eigenvalue weighted by atomic mass is 35.5.